The van der Waals surface area contributed by atoms with Gasteiger partial charge in [-0.05, 0) is 205 Å². The largest absolute Gasteiger partial charge is 0.310 e. The topological polar surface area (TPSA) is 6.48 Å². The van der Waals surface area contributed by atoms with E-state index in [1.165, 1.54) is 88.6 Å². The summed E-state index contributed by atoms with van der Waals surface area (Å²) in [4.78, 5) is 4.77. The molecule has 52 heavy (non-hydrogen) atoms. The number of rotatable bonds is 6. The Morgan fingerprint density at radius 2 is 0.538 bits per heavy atom. The van der Waals surface area contributed by atoms with Gasteiger partial charge in [-0.25, -0.2) is 0 Å². The molecule has 0 bridgehead atoms. The average Bonchev–Trinajstić information content (AvgIpc) is 3.11. The van der Waals surface area contributed by atoms with E-state index < -0.39 is 0 Å². The minimum absolute atomic E-state index is 1.16. The number of fused-ring (bicyclic) bond motifs is 6. The summed E-state index contributed by atoms with van der Waals surface area (Å²) in [5.74, 6) is 0. The Morgan fingerprint density at radius 1 is 0.231 bits per heavy atom. The molecule has 8 aromatic carbocycles. The quantitative estimate of drug-likeness (QED) is 0.174. The van der Waals surface area contributed by atoms with Crippen molar-refractivity contribution >= 4 is 55.7 Å². The van der Waals surface area contributed by atoms with Crippen molar-refractivity contribution in [3.63, 3.8) is 0 Å². The summed E-state index contributed by atoms with van der Waals surface area (Å²) in [7, 11) is 0. The summed E-state index contributed by atoms with van der Waals surface area (Å²) in [5, 5.41) is 5.01. The van der Waals surface area contributed by atoms with Crippen LogP contribution in [0, 0.1) is 41.5 Å². The fourth-order valence-corrected chi connectivity index (χ4v) is 8.12. The van der Waals surface area contributed by atoms with Gasteiger partial charge in [0.2, 0.25) is 0 Å². The molecule has 0 heterocycles. The van der Waals surface area contributed by atoms with Gasteiger partial charge in [0, 0.05) is 34.1 Å². The van der Waals surface area contributed by atoms with Crippen molar-refractivity contribution in [3.8, 4) is 22.3 Å². The lowest BCUT2D eigenvalue weighted by atomic mass is 9.78. The second kappa shape index (κ2) is 12.3. The first kappa shape index (κ1) is 31.8. The number of benzene rings is 8. The molecule has 9 rings (SSSR count). The van der Waals surface area contributed by atoms with Crippen LogP contribution >= 0.6 is 0 Å². The van der Waals surface area contributed by atoms with Crippen LogP contribution in [0.4, 0.5) is 34.1 Å². The van der Waals surface area contributed by atoms with E-state index in [1.807, 2.05) is 0 Å². The molecule has 0 aliphatic heterocycles. The molecule has 0 radical (unpaired) electrons. The van der Waals surface area contributed by atoms with Gasteiger partial charge in [-0.2, -0.15) is 0 Å². The normalized spacial score (nSPS) is 11.7. The van der Waals surface area contributed by atoms with E-state index in [-0.39, 0.29) is 0 Å². The van der Waals surface area contributed by atoms with Gasteiger partial charge in [0.05, 0.1) is 0 Å². The first-order valence-corrected chi connectivity index (χ1v) is 18.2. The Kier molecular flexibility index (Phi) is 7.52. The molecule has 0 fully saturated rings. The van der Waals surface area contributed by atoms with Crippen molar-refractivity contribution in [3.05, 3.63) is 179 Å². The lowest BCUT2D eigenvalue weighted by Gasteiger charge is -2.29. The lowest BCUT2D eigenvalue weighted by Crippen LogP contribution is -2.10. The minimum atomic E-state index is 1.16. The van der Waals surface area contributed by atoms with Gasteiger partial charge in [-0.3, -0.25) is 0 Å². The van der Waals surface area contributed by atoms with E-state index in [1.54, 1.807) is 0 Å². The van der Waals surface area contributed by atoms with Gasteiger partial charge < -0.3 is 9.80 Å². The maximum absolute atomic E-state index is 2.39. The Labute approximate surface area is 307 Å². The first-order valence-electron chi connectivity index (χ1n) is 18.2. The first-order chi connectivity index (χ1) is 25.2. The van der Waals surface area contributed by atoms with Crippen LogP contribution in [0.1, 0.15) is 33.4 Å². The Balaban J connectivity index is 1.12. The predicted octanol–water partition coefficient (Wildman–Crippen LogP) is 14.4. The fourth-order valence-electron chi connectivity index (χ4n) is 8.12. The number of aryl methyl sites for hydroxylation is 6. The molecule has 252 valence electrons. The number of hydrogen-bond donors (Lipinski definition) is 0. The van der Waals surface area contributed by atoms with Crippen molar-refractivity contribution in [2.75, 3.05) is 9.80 Å². The summed E-state index contributed by atoms with van der Waals surface area (Å²) >= 11 is 0. The second-order valence-corrected chi connectivity index (χ2v) is 14.9. The summed E-state index contributed by atoms with van der Waals surface area (Å²) < 4.78 is 0. The third kappa shape index (κ3) is 5.61. The van der Waals surface area contributed by atoms with Crippen LogP contribution in [0.25, 0.3) is 43.8 Å². The van der Waals surface area contributed by atoms with E-state index in [0.29, 0.717) is 0 Å². The molecule has 0 N–H and O–H groups in total. The molecule has 2 nitrogen and oxygen atoms in total. The van der Waals surface area contributed by atoms with Gasteiger partial charge in [-0.15, -0.1) is 0 Å². The summed E-state index contributed by atoms with van der Waals surface area (Å²) in [6, 6.07) is 54.7. The van der Waals surface area contributed by atoms with E-state index in [4.69, 9.17) is 0 Å². The summed E-state index contributed by atoms with van der Waals surface area (Å²) in [6.07, 6.45) is 0. The van der Waals surface area contributed by atoms with Crippen LogP contribution in [0.15, 0.2) is 146 Å². The zero-order valence-electron chi connectivity index (χ0n) is 30.8. The molecular weight excluding hydrogens is 629 g/mol. The molecule has 0 amide bonds. The van der Waals surface area contributed by atoms with E-state index >= 15 is 0 Å². The van der Waals surface area contributed by atoms with Crippen LogP contribution in [0.2, 0.25) is 0 Å². The molecule has 0 atom stereocenters. The third-order valence-electron chi connectivity index (χ3n) is 10.5. The number of nitrogens with zero attached hydrogens (tertiary/aromatic N) is 2. The highest BCUT2D eigenvalue weighted by Gasteiger charge is 2.25. The molecule has 0 spiro atoms. The fraction of sp³-hybridized carbons (Fsp3) is 0.120. The van der Waals surface area contributed by atoms with Crippen molar-refractivity contribution in [2.24, 2.45) is 0 Å². The smallest absolute Gasteiger partial charge is 0.0468 e. The Hall–Kier alpha value is -6.12. The highest BCUT2D eigenvalue weighted by Crippen LogP contribution is 2.51. The molecule has 8 aromatic rings. The molecule has 0 aromatic heterocycles. The van der Waals surface area contributed by atoms with Gasteiger partial charge in [-0.1, -0.05) is 59.7 Å². The van der Waals surface area contributed by atoms with Gasteiger partial charge in [0.15, 0.2) is 0 Å². The maximum atomic E-state index is 2.39. The predicted molar refractivity (Wildman–Crippen MR) is 224 cm³/mol. The number of anilines is 6. The SMILES string of the molecule is Cc1ccc(N(c2cc(C)cc(C)c2)c2ccc3cc4c(cc3c2)-c2cc3ccc(N(c5ccc(C)cc5)c5cc(C)cc(C)c5)cc3cc2-4)cc1. The molecule has 1 aliphatic carbocycles. The van der Waals surface area contributed by atoms with Gasteiger partial charge in [0.1, 0.15) is 0 Å². The van der Waals surface area contributed by atoms with Crippen molar-refractivity contribution < 1.29 is 0 Å². The lowest BCUT2D eigenvalue weighted by molar-refractivity contribution is 1.25. The third-order valence-corrected chi connectivity index (χ3v) is 10.5. The van der Waals surface area contributed by atoms with Gasteiger partial charge in [0.25, 0.3) is 0 Å². The van der Waals surface area contributed by atoms with Crippen LogP contribution in [0.3, 0.4) is 0 Å². The average molecular weight is 671 g/mol. The Morgan fingerprint density at radius 3 is 0.885 bits per heavy atom. The monoisotopic (exact) mass is 670 g/mol. The van der Waals surface area contributed by atoms with Crippen LogP contribution in [-0.2, 0) is 0 Å². The van der Waals surface area contributed by atoms with Gasteiger partial charge >= 0.3 is 0 Å². The molecule has 2 heteroatoms. The van der Waals surface area contributed by atoms with E-state index in [9.17, 15) is 0 Å². The molecule has 0 saturated carbocycles. The van der Waals surface area contributed by atoms with Crippen molar-refractivity contribution in [1.29, 1.82) is 0 Å². The zero-order chi connectivity index (χ0) is 35.7. The Bertz CT molecular complexity index is 2440. The van der Waals surface area contributed by atoms with Crippen molar-refractivity contribution in [1.82, 2.24) is 0 Å². The zero-order valence-corrected chi connectivity index (χ0v) is 30.8. The molecular formula is C50H42N2. The van der Waals surface area contributed by atoms with E-state index in [0.717, 1.165) is 22.7 Å². The maximum Gasteiger partial charge on any atom is 0.0468 e. The van der Waals surface area contributed by atoms with Crippen LogP contribution < -0.4 is 9.80 Å². The van der Waals surface area contributed by atoms with Crippen LogP contribution in [-0.4, -0.2) is 0 Å². The molecule has 0 unspecified atom stereocenters. The van der Waals surface area contributed by atoms with E-state index in [2.05, 4.69) is 197 Å². The standard InChI is InChI=1S/C50H42N2/c1-31-7-13-41(14-8-31)51(45-21-33(3)19-34(4)22-45)43-17-11-37-27-47-49(29-39(37)25-43)48-28-38-12-18-44(26-40(38)30-50(47)48)52(42-15-9-32(2)10-16-42)46-23-35(5)20-36(6)24-46/h7-30H,1-6H3. The number of hydrogen-bond acceptors (Lipinski definition) is 2. The van der Waals surface area contributed by atoms with Crippen LogP contribution in [0.5, 0.6) is 0 Å². The second-order valence-electron chi connectivity index (χ2n) is 14.9. The molecule has 0 saturated heterocycles. The summed E-state index contributed by atoms with van der Waals surface area (Å²) in [5.41, 5.74) is 19.9. The minimum Gasteiger partial charge on any atom is -0.310 e. The highest BCUT2D eigenvalue weighted by molar-refractivity contribution is 6.12. The molecule has 1 aliphatic rings. The van der Waals surface area contributed by atoms with Crippen molar-refractivity contribution in [2.45, 2.75) is 41.5 Å². The summed E-state index contributed by atoms with van der Waals surface area (Å²) in [6.45, 7) is 13.0. The highest BCUT2D eigenvalue weighted by atomic mass is 15.1.